The number of methoxy groups -OCH3 is 1. The first kappa shape index (κ1) is 19.2. The number of hydrogen-bond donors (Lipinski definition) is 0. The molecule has 136 valence electrons. The zero-order valence-corrected chi connectivity index (χ0v) is 16.6. The van der Waals surface area contributed by atoms with E-state index in [1.54, 1.807) is 17.7 Å². The van der Waals surface area contributed by atoms with Crippen molar-refractivity contribution in [2.24, 2.45) is 0 Å². The summed E-state index contributed by atoms with van der Waals surface area (Å²) in [6.45, 7) is 1.15. The summed E-state index contributed by atoms with van der Waals surface area (Å²) in [7, 11) is 1.65. The Labute approximate surface area is 166 Å². The van der Waals surface area contributed by atoms with Crippen LogP contribution in [-0.4, -0.2) is 23.3 Å². The molecule has 0 spiro atoms. The van der Waals surface area contributed by atoms with E-state index in [0.717, 1.165) is 12.0 Å². The number of hydrogen-bond acceptors (Lipinski definition) is 4. The highest BCUT2D eigenvalue weighted by molar-refractivity contribution is 7.98. The molecule has 1 heterocycles. The molecule has 1 aromatic heterocycles. The number of aromatic nitrogens is 2. The quantitative estimate of drug-likeness (QED) is 0.312. The predicted molar refractivity (Wildman–Crippen MR) is 109 cm³/mol. The van der Waals surface area contributed by atoms with E-state index < -0.39 is 0 Å². The molecule has 0 bridgehead atoms. The zero-order chi connectivity index (χ0) is 18.5. The van der Waals surface area contributed by atoms with Crippen LogP contribution in [0, 0.1) is 0 Å². The van der Waals surface area contributed by atoms with E-state index in [4.69, 9.17) is 32.9 Å². The molecular weight excluding hydrogens is 391 g/mol. The van der Waals surface area contributed by atoms with Gasteiger partial charge in [-0.25, -0.2) is 4.98 Å². The predicted octanol–water partition coefficient (Wildman–Crippen LogP) is 5.03. The summed E-state index contributed by atoms with van der Waals surface area (Å²) in [6, 6.07) is 12.8. The maximum atomic E-state index is 12.9. The molecule has 3 rings (SSSR count). The van der Waals surface area contributed by atoms with Crippen molar-refractivity contribution in [2.75, 3.05) is 13.7 Å². The fourth-order valence-electron chi connectivity index (χ4n) is 2.60. The van der Waals surface area contributed by atoms with Gasteiger partial charge in [0.2, 0.25) is 0 Å². The Morgan fingerprint density at radius 3 is 2.77 bits per heavy atom. The second-order valence-electron chi connectivity index (χ2n) is 5.74. The highest BCUT2D eigenvalue weighted by atomic mass is 35.5. The molecule has 0 saturated carbocycles. The number of thioether (sulfide) groups is 1. The van der Waals surface area contributed by atoms with Gasteiger partial charge in [0, 0.05) is 36.1 Å². The molecule has 0 aliphatic heterocycles. The largest absolute Gasteiger partial charge is 0.385 e. The first-order valence-corrected chi connectivity index (χ1v) is 9.89. The zero-order valence-electron chi connectivity index (χ0n) is 14.2. The van der Waals surface area contributed by atoms with E-state index in [1.807, 2.05) is 36.4 Å². The molecule has 0 fully saturated rings. The number of para-hydroxylation sites is 1. The Bertz CT molecular complexity index is 975. The highest BCUT2D eigenvalue weighted by Gasteiger charge is 2.12. The molecule has 4 nitrogen and oxygen atoms in total. The lowest BCUT2D eigenvalue weighted by Crippen LogP contribution is -2.24. The number of ether oxygens (including phenoxy) is 1. The minimum atomic E-state index is -0.0311. The highest BCUT2D eigenvalue weighted by Crippen LogP contribution is 2.28. The average molecular weight is 409 g/mol. The van der Waals surface area contributed by atoms with E-state index in [-0.39, 0.29) is 5.56 Å². The van der Waals surface area contributed by atoms with Crippen molar-refractivity contribution in [1.29, 1.82) is 0 Å². The summed E-state index contributed by atoms with van der Waals surface area (Å²) in [6.07, 6.45) is 0.742. The molecule has 0 aliphatic carbocycles. The number of fused-ring (bicyclic) bond motifs is 1. The van der Waals surface area contributed by atoms with Crippen LogP contribution in [0.3, 0.4) is 0 Å². The van der Waals surface area contributed by atoms with Gasteiger partial charge in [-0.1, -0.05) is 53.2 Å². The van der Waals surface area contributed by atoms with Crippen molar-refractivity contribution in [3.8, 4) is 0 Å². The van der Waals surface area contributed by atoms with Gasteiger partial charge in [0.1, 0.15) is 0 Å². The number of rotatable bonds is 7. The molecule has 2 aromatic carbocycles. The Morgan fingerprint density at radius 2 is 2.00 bits per heavy atom. The molecule has 0 unspecified atom stereocenters. The second-order valence-corrected chi connectivity index (χ2v) is 7.53. The van der Waals surface area contributed by atoms with Gasteiger partial charge in [0.25, 0.3) is 5.56 Å². The van der Waals surface area contributed by atoms with Crippen LogP contribution in [0.25, 0.3) is 10.9 Å². The Hall–Kier alpha value is -1.53. The molecule has 3 aromatic rings. The van der Waals surface area contributed by atoms with E-state index in [9.17, 15) is 4.79 Å². The van der Waals surface area contributed by atoms with Crippen LogP contribution in [0.5, 0.6) is 0 Å². The Morgan fingerprint density at radius 1 is 1.19 bits per heavy atom. The minimum Gasteiger partial charge on any atom is -0.385 e. The average Bonchev–Trinajstić information content (AvgIpc) is 2.63. The maximum Gasteiger partial charge on any atom is 0.262 e. The first-order chi connectivity index (χ1) is 12.6. The second kappa shape index (κ2) is 8.91. The van der Waals surface area contributed by atoms with Gasteiger partial charge in [-0.15, -0.1) is 0 Å². The summed E-state index contributed by atoms with van der Waals surface area (Å²) in [4.78, 5) is 17.6. The maximum absolute atomic E-state index is 12.9. The Balaban J connectivity index is 1.94. The Kier molecular flexibility index (Phi) is 6.59. The van der Waals surface area contributed by atoms with E-state index in [0.29, 0.717) is 45.0 Å². The topological polar surface area (TPSA) is 44.1 Å². The molecule has 0 saturated heterocycles. The molecule has 0 atom stereocenters. The normalized spacial score (nSPS) is 11.2. The van der Waals surface area contributed by atoms with Crippen LogP contribution in [-0.2, 0) is 17.0 Å². The lowest BCUT2D eigenvalue weighted by Gasteiger charge is -2.13. The van der Waals surface area contributed by atoms with Crippen molar-refractivity contribution >= 4 is 45.9 Å². The van der Waals surface area contributed by atoms with Gasteiger partial charge < -0.3 is 4.74 Å². The molecular formula is C19H18Cl2N2O2S. The summed E-state index contributed by atoms with van der Waals surface area (Å²) in [5, 5.41) is 2.51. The fraction of sp³-hybridized carbons (Fsp3) is 0.263. The van der Waals surface area contributed by atoms with Crippen molar-refractivity contribution in [3.05, 3.63) is 68.4 Å². The molecule has 0 N–H and O–H groups in total. The van der Waals surface area contributed by atoms with Crippen LogP contribution in [0.15, 0.2) is 52.4 Å². The summed E-state index contributed by atoms with van der Waals surface area (Å²) < 4.78 is 6.83. The van der Waals surface area contributed by atoms with Crippen LogP contribution in [0.2, 0.25) is 10.0 Å². The number of halogens is 2. The SMILES string of the molecule is COCCCn1c(SCc2ccc(Cl)cc2Cl)nc2ccccc2c1=O. The molecule has 0 amide bonds. The number of benzene rings is 2. The minimum absolute atomic E-state index is 0.0311. The summed E-state index contributed by atoms with van der Waals surface area (Å²) >= 11 is 13.7. The molecule has 0 radical (unpaired) electrons. The van der Waals surface area contributed by atoms with Gasteiger partial charge in [-0.2, -0.15) is 0 Å². The van der Waals surface area contributed by atoms with E-state index >= 15 is 0 Å². The van der Waals surface area contributed by atoms with Gasteiger partial charge >= 0.3 is 0 Å². The number of nitrogens with zero attached hydrogens (tertiary/aromatic N) is 2. The van der Waals surface area contributed by atoms with Crippen molar-refractivity contribution < 1.29 is 4.74 Å². The third-order valence-electron chi connectivity index (χ3n) is 3.93. The van der Waals surface area contributed by atoms with E-state index in [2.05, 4.69) is 0 Å². The molecule has 0 aliphatic rings. The van der Waals surface area contributed by atoms with Crippen LogP contribution in [0.4, 0.5) is 0 Å². The standard InChI is InChI=1S/C19H18Cl2N2O2S/c1-25-10-4-9-23-18(24)15-5-2-3-6-17(15)22-19(23)26-12-13-7-8-14(20)11-16(13)21/h2-3,5-8,11H,4,9-10,12H2,1H3. The summed E-state index contributed by atoms with van der Waals surface area (Å²) in [5.74, 6) is 0.602. The van der Waals surface area contributed by atoms with Gasteiger partial charge in [0.15, 0.2) is 5.16 Å². The lowest BCUT2D eigenvalue weighted by molar-refractivity contribution is 0.189. The molecule has 26 heavy (non-hydrogen) atoms. The van der Waals surface area contributed by atoms with Crippen molar-refractivity contribution in [1.82, 2.24) is 9.55 Å². The van der Waals surface area contributed by atoms with Crippen LogP contribution >= 0.6 is 35.0 Å². The third kappa shape index (κ3) is 4.41. The monoisotopic (exact) mass is 408 g/mol. The van der Waals surface area contributed by atoms with Gasteiger partial charge in [-0.05, 0) is 36.2 Å². The van der Waals surface area contributed by atoms with Gasteiger partial charge in [-0.3, -0.25) is 9.36 Å². The van der Waals surface area contributed by atoms with Crippen LogP contribution < -0.4 is 5.56 Å². The third-order valence-corrected chi connectivity index (χ3v) is 5.54. The fourth-order valence-corrected chi connectivity index (χ4v) is 4.19. The lowest BCUT2D eigenvalue weighted by atomic mass is 10.2. The van der Waals surface area contributed by atoms with Crippen LogP contribution in [0.1, 0.15) is 12.0 Å². The smallest absolute Gasteiger partial charge is 0.262 e. The van der Waals surface area contributed by atoms with Gasteiger partial charge in [0.05, 0.1) is 10.9 Å². The van der Waals surface area contributed by atoms with Crippen molar-refractivity contribution in [2.45, 2.75) is 23.9 Å². The van der Waals surface area contributed by atoms with Crippen molar-refractivity contribution in [3.63, 3.8) is 0 Å². The van der Waals surface area contributed by atoms with E-state index in [1.165, 1.54) is 11.8 Å². The molecule has 7 heteroatoms. The summed E-state index contributed by atoms with van der Waals surface area (Å²) in [5.41, 5.74) is 1.62. The first-order valence-electron chi connectivity index (χ1n) is 8.15.